The second kappa shape index (κ2) is 9.65. The SMILES string of the molecule is OC[C@@H]1[C@H](O)[C@@H](c2ccc(F)cc2)CN1Cc1ccc(OCC2(O)CCCCC2)cc1. The fourth-order valence-electron chi connectivity index (χ4n) is 4.90. The Morgan fingerprint density at radius 1 is 1.00 bits per heavy atom. The number of hydrogen-bond donors (Lipinski definition) is 3. The summed E-state index contributed by atoms with van der Waals surface area (Å²) in [5.74, 6) is 0.258. The second-order valence-electron chi connectivity index (χ2n) is 9.05. The predicted molar refractivity (Wildman–Crippen MR) is 116 cm³/mol. The maximum Gasteiger partial charge on any atom is 0.123 e. The highest BCUT2D eigenvalue weighted by molar-refractivity contribution is 5.29. The molecule has 31 heavy (non-hydrogen) atoms. The minimum Gasteiger partial charge on any atom is -0.491 e. The molecular weight excluding hydrogens is 397 g/mol. The van der Waals surface area contributed by atoms with Gasteiger partial charge in [0, 0.05) is 19.0 Å². The fraction of sp³-hybridized carbons (Fsp3) is 0.520. The topological polar surface area (TPSA) is 73.2 Å². The van der Waals surface area contributed by atoms with E-state index in [0.29, 0.717) is 19.7 Å². The van der Waals surface area contributed by atoms with E-state index in [1.807, 2.05) is 24.3 Å². The minimum atomic E-state index is -0.716. The third kappa shape index (κ3) is 5.26. The number of benzene rings is 2. The summed E-state index contributed by atoms with van der Waals surface area (Å²) in [5.41, 5.74) is 1.21. The molecule has 2 fully saturated rings. The highest BCUT2D eigenvalue weighted by Gasteiger charge is 2.40. The molecule has 0 radical (unpaired) electrons. The van der Waals surface area contributed by atoms with Gasteiger partial charge in [-0.2, -0.15) is 0 Å². The van der Waals surface area contributed by atoms with E-state index in [1.165, 1.54) is 18.6 Å². The molecule has 168 valence electrons. The molecule has 0 aromatic heterocycles. The lowest BCUT2D eigenvalue weighted by Crippen LogP contribution is -2.38. The number of ether oxygens (including phenoxy) is 1. The lowest BCUT2D eigenvalue weighted by molar-refractivity contribution is -0.0339. The first kappa shape index (κ1) is 22.2. The molecule has 1 aliphatic heterocycles. The molecule has 6 heteroatoms. The van der Waals surface area contributed by atoms with Crippen LogP contribution in [0.15, 0.2) is 48.5 Å². The molecule has 0 unspecified atom stereocenters. The van der Waals surface area contributed by atoms with Gasteiger partial charge in [-0.25, -0.2) is 4.39 Å². The van der Waals surface area contributed by atoms with E-state index in [-0.39, 0.29) is 24.4 Å². The van der Waals surface area contributed by atoms with Crippen LogP contribution in [0.4, 0.5) is 4.39 Å². The molecular formula is C25H32FNO4. The minimum absolute atomic E-state index is 0.140. The molecule has 1 heterocycles. The van der Waals surface area contributed by atoms with Crippen molar-refractivity contribution in [3.63, 3.8) is 0 Å². The smallest absolute Gasteiger partial charge is 0.123 e. The van der Waals surface area contributed by atoms with Crippen molar-refractivity contribution in [3.05, 3.63) is 65.5 Å². The molecule has 0 spiro atoms. The van der Waals surface area contributed by atoms with Gasteiger partial charge in [0.2, 0.25) is 0 Å². The summed E-state index contributed by atoms with van der Waals surface area (Å²) in [7, 11) is 0. The Morgan fingerprint density at radius 3 is 2.32 bits per heavy atom. The van der Waals surface area contributed by atoms with Crippen molar-refractivity contribution in [1.29, 1.82) is 0 Å². The quantitative estimate of drug-likeness (QED) is 0.630. The van der Waals surface area contributed by atoms with Crippen LogP contribution in [-0.2, 0) is 6.54 Å². The third-order valence-corrected chi connectivity index (χ3v) is 6.79. The third-order valence-electron chi connectivity index (χ3n) is 6.79. The molecule has 1 aliphatic carbocycles. The van der Waals surface area contributed by atoms with Gasteiger partial charge in [-0.05, 0) is 48.2 Å². The normalized spacial score (nSPS) is 26.1. The molecule has 5 nitrogen and oxygen atoms in total. The second-order valence-corrected chi connectivity index (χ2v) is 9.05. The zero-order chi connectivity index (χ0) is 21.8. The molecule has 3 N–H and O–H groups in total. The number of nitrogens with zero attached hydrogens (tertiary/aromatic N) is 1. The molecule has 1 saturated heterocycles. The van der Waals surface area contributed by atoms with Crippen LogP contribution >= 0.6 is 0 Å². The number of hydrogen-bond acceptors (Lipinski definition) is 5. The first-order valence-corrected chi connectivity index (χ1v) is 11.2. The van der Waals surface area contributed by atoms with Crippen molar-refractivity contribution in [2.45, 2.75) is 62.3 Å². The van der Waals surface area contributed by atoms with Gasteiger partial charge in [-0.3, -0.25) is 4.90 Å². The molecule has 0 amide bonds. The number of halogens is 1. The fourth-order valence-corrected chi connectivity index (χ4v) is 4.90. The first-order valence-electron chi connectivity index (χ1n) is 11.2. The van der Waals surface area contributed by atoms with Gasteiger partial charge in [0.1, 0.15) is 18.2 Å². The van der Waals surface area contributed by atoms with E-state index in [1.54, 1.807) is 12.1 Å². The van der Waals surface area contributed by atoms with Crippen LogP contribution in [0.25, 0.3) is 0 Å². The Kier molecular flexibility index (Phi) is 6.92. The predicted octanol–water partition coefficient (Wildman–Crippen LogP) is 3.22. The van der Waals surface area contributed by atoms with Crippen LogP contribution in [0.5, 0.6) is 5.75 Å². The highest BCUT2D eigenvalue weighted by atomic mass is 19.1. The van der Waals surface area contributed by atoms with Crippen molar-refractivity contribution in [3.8, 4) is 5.75 Å². The van der Waals surface area contributed by atoms with Crippen molar-refractivity contribution < 1.29 is 24.4 Å². The number of aliphatic hydroxyl groups is 3. The van der Waals surface area contributed by atoms with Crippen LogP contribution in [0.1, 0.15) is 49.1 Å². The van der Waals surface area contributed by atoms with Crippen LogP contribution < -0.4 is 4.74 Å². The van der Waals surface area contributed by atoms with Gasteiger partial charge in [-0.1, -0.05) is 43.5 Å². The van der Waals surface area contributed by atoms with Gasteiger partial charge < -0.3 is 20.1 Å². The molecule has 4 rings (SSSR count). The molecule has 2 aliphatic rings. The van der Waals surface area contributed by atoms with Gasteiger partial charge in [0.15, 0.2) is 0 Å². The van der Waals surface area contributed by atoms with Gasteiger partial charge in [0.05, 0.1) is 24.4 Å². The van der Waals surface area contributed by atoms with Crippen LogP contribution in [0.2, 0.25) is 0 Å². The Balaban J connectivity index is 1.37. The highest BCUT2D eigenvalue weighted by Crippen LogP contribution is 2.34. The molecule has 0 bridgehead atoms. The Hall–Kier alpha value is -1.99. The standard InChI is InChI=1S/C25H32FNO4/c26-20-8-6-19(7-9-20)22-15-27(23(16-28)24(22)29)14-18-4-10-21(11-5-18)31-17-25(30)12-2-1-3-13-25/h4-11,22-24,28-30H,1-3,12-17H2/t22-,23-,24-/m1/s1. The van der Waals surface area contributed by atoms with Crippen LogP contribution in [0, 0.1) is 5.82 Å². The van der Waals surface area contributed by atoms with Gasteiger partial charge in [-0.15, -0.1) is 0 Å². The average Bonchev–Trinajstić information content (AvgIpc) is 3.09. The van der Waals surface area contributed by atoms with E-state index in [4.69, 9.17) is 4.74 Å². The van der Waals surface area contributed by atoms with Gasteiger partial charge >= 0.3 is 0 Å². The van der Waals surface area contributed by atoms with Gasteiger partial charge in [0.25, 0.3) is 0 Å². The van der Waals surface area contributed by atoms with E-state index < -0.39 is 11.7 Å². The molecule has 3 atom stereocenters. The number of likely N-dealkylation sites (tertiary alicyclic amines) is 1. The van der Waals surface area contributed by atoms with E-state index in [0.717, 1.165) is 42.6 Å². The molecule has 2 aromatic carbocycles. The lowest BCUT2D eigenvalue weighted by atomic mass is 9.85. The zero-order valence-corrected chi connectivity index (χ0v) is 17.8. The summed E-state index contributed by atoms with van der Waals surface area (Å²) >= 11 is 0. The summed E-state index contributed by atoms with van der Waals surface area (Å²) < 4.78 is 19.1. The molecule has 1 saturated carbocycles. The Morgan fingerprint density at radius 2 is 1.68 bits per heavy atom. The van der Waals surface area contributed by atoms with Crippen molar-refractivity contribution in [2.75, 3.05) is 19.8 Å². The summed E-state index contributed by atoms with van der Waals surface area (Å²) in [6, 6.07) is 13.6. The van der Waals surface area contributed by atoms with Crippen LogP contribution in [0.3, 0.4) is 0 Å². The largest absolute Gasteiger partial charge is 0.491 e. The van der Waals surface area contributed by atoms with E-state index >= 15 is 0 Å². The Bertz CT molecular complexity index is 836. The van der Waals surface area contributed by atoms with Crippen molar-refractivity contribution >= 4 is 0 Å². The van der Waals surface area contributed by atoms with Crippen LogP contribution in [-0.4, -0.2) is 57.7 Å². The number of rotatable bonds is 7. The maximum absolute atomic E-state index is 13.3. The monoisotopic (exact) mass is 429 g/mol. The first-order chi connectivity index (χ1) is 15.0. The number of aliphatic hydroxyl groups excluding tert-OH is 2. The zero-order valence-electron chi connectivity index (χ0n) is 17.8. The maximum atomic E-state index is 13.3. The summed E-state index contributed by atoms with van der Waals surface area (Å²) in [6.07, 6.45) is 4.14. The summed E-state index contributed by atoms with van der Waals surface area (Å²) in [4.78, 5) is 2.07. The van der Waals surface area contributed by atoms with Crippen molar-refractivity contribution in [2.24, 2.45) is 0 Å². The van der Waals surface area contributed by atoms with E-state index in [9.17, 15) is 19.7 Å². The average molecular weight is 430 g/mol. The Labute approximate surface area is 183 Å². The lowest BCUT2D eigenvalue weighted by Gasteiger charge is -2.31. The summed E-state index contributed by atoms with van der Waals surface area (Å²) in [6.45, 7) is 1.35. The molecule has 2 aromatic rings. The van der Waals surface area contributed by atoms with Crippen molar-refractivity contribution in [1.82, 2.24) is 4.90 Å². The summed E-state index contributed by atoms with van der Waals surface area (Å²) in [5, 5.41) is 31.2. The van der Waals surface area contributed by atoms with E-state index in [2.05, 4.69) is 4.90 Å².